The predicted molar refractivity (Wildman–Crippen MR) is 126 cm³/mol. The van der Waals surface area contributed by atoms with Crippen LogP contribution in [0.3, 0.4) is 0 Å². The number of aliphatic hydroxyl groups excluding tert-OH is 1. The first-order chi connectivity index (χ1) is 16.1. The Kier molecular flexibility index (Phi) is 7.63. The molecule has 0 radical (unpaired) electrons. The molecule has 0 saturated carbocycles. The van der Waals surface area contributed by atoms with Crippen LogP contribution >= 0.6 is 0 Å². The van der Waals surface area contributed by atoms with Gasteiger partial charge in [0.2, 0.25) is 0 Å². The van der Waals surface area contributed by atoms with Gasteiger partial charge in [-0.25, -0.2) is 9.59 Å². The van der Waals surface area contributed by atoms with Gasteiger partial charge in [0.15, 0.2) is 0 Å². The maximum absolute atomic E-state index is 12.6. The molecule has 0 bridgehead atoms. The molecule has 3 unspecified atom stereocenters. The quantitative estimate of drug-likeness (QED) is 0.220. The second-order valence-corrected chi connectivity index (χ2v) is 8.89. The lowest BCUT2D eigenvalue weighted by Gasteiger charge is -2.35. The molecule has 1 aliphatic carbocycles. The molecular weight excluding hydrogens is 438 g/mol. The molecule has 3 rings (SSSR count). The normalized spacial score (nSPS) is 21.9. The number of non-ortho nitro benzene ring substituents is 1. The molecule has 0 fully saturated rings. The molecule has 1 N–H and O–H groups in total. The number of aliphatic hydroxyl groups is 1. The number of carbonyl (C=O) groups excluding carboxylic acids is 2. The number of carbonyl (C=O) groups is 2. The highest BCUT2D eigenvalue weighted by Crippen LogP contribution is 2.38. The van der Waals surface area contributed by atoms with Crippen LogP contribution in [0.25, 0.3) is 6.08 Å². The first-order valence-corrected chi connectivity index (χ1v) is 10.8. The summed E-state index contributed by atoms with van der Waals surface area (Å²) in [7, 11) is 0. The fourth-order valence-corrected chi connectivity index (χ4v) is 3.85. The molecule has 0 spiro atoms. The van der Waals surface area contributed by atoms with Crippen molar-refractivity contribution in [1.82, 2.24) is 0 Å². The van der Waals surface area contributed by atoms with Crippen molar-refractivity contribution in [3.8, 4) is 0 Å². The van der Waals surface area contributed by atoms with Crippen molar-refractivity contribution in [2.24, 2.45) is 5.41 Å². The predicted octanol–water partition coefficient (Wildman–Crippen LogP) is 4.48. The second-order valence-electron chi connectivity index (χ2n) is 8.89. The molecule has 0 saturated heterocycles. The van der Waals surface area contributed by atoms with Crippen LogP contribution in [0.2, 0.25) is 0 Å². The van der Waals surface area contributed by atoms with Crippen LogP contribution in [0, 0.1) is 15.5 Å². The van der Waals surface area contributed by atoms with Crippen LogP contribution in [0.15, 0.2) is 72.3 Å². The smallest absolute Gasteiger partial charge is 0.338 e. The molecule has 2 aromatic rings. The third-order valence-corrected chi connectivity index (χ3v) is 5.75. The largest absolute Gasteiger partial charge is 0.455 e. The second kappa shape index (κ2) is 10.4. The molecule has 3 atom stereocenters. The van der Waals surface area contributed by atoms with Gasteiger partial charge < -0.3 is 14.6 Å². The maximum Gasteiger partial charge on any atom is 0.338 e. The summed E-state index contributed by atoms with van der Waals surface area (Å²) >= 11 is 0. The standard InChI is InChI=1S/C26H27NO7/c1-17-15-21(28)24(34-25(30)19-7-5-4-6-8-19)26(2,3)16-22(17)33-23(29)14-11-18-9-12-20(13-10-18)27(31)32/h4-15,21-22,24,28H,16H2,1-3H3. The van der Waals surface area contributed by atoms with E-state index in [1.807, 2.05) is 13.8 Å². The number of nitro groups is 1. The van der Waals surface area contributed by atoms with Gasteiger partial charge >= 0.3 is 11.9 Å². The van der Waals surface area contributed by atoms with Crippen molar-refractivity contribution in [2.75, 3.05) is 0 Å². The van der Waals surface area contributed by atoms with Gasteiger partial charge in [-0.05, 0) is 60.9 Å². The molecule has 8 heteroatoms. The van der Waals surface area contributed by atoms with Gasteiger partial charge in [0.1, 0.15) is 18.3 Å². The zero-order chi connectivity index (χ0) is 24.9. The van der Waals surface area contributed by atoms with E-state index in [1.165, 1.54) is 36.4 Å². The van der Waals surface area contributed by atoms with Gasteiger partial charge in [-0.1, -0.05) is 32.0 Å². The highest BCUT2D eigenvalue weighted by atomic mass is 16.6. The monoisotopic (exact) mass is 465 g/mol. The SMILES string of the molecule is CC1=CC(O)C(OC(=O)c2ccccc2)C(C)(C)CC1OC(=O)C=Cc1ccc([N+](=O)[O-])cc1. The van der Waals surface area contributed by atoms with Crippen LogP contribution in [-0.2, 0) is 14.3 Å². The van der Waals surface area contributed by atoms with Crippen LogP contribution in [0.1, 0.15) is 43.1 Å². The minimum absolute atomic E-state index is 0.0396. The lowest BCUT2D eigenvalue weighted by Crippen LogP contribution is -2.42. The minimum Gasteiger partial charge on any atom is -0.455 e. The number of nitro benzene ring substituents is 1. The van der Waals surface area contributed by atoms with Crippen molar-refractivity contribution in [3.05, 3.63) is 93.6 Å². The molecule has 2 aromatic carbocycles. The summed E-state index contributed by atoms with van der Waals surface area (Å²) < 4.78 is 11.3. The average molecular weight is 466 g/mol. The zero-order valence-electron chi connectivity index (χ0n) is 19.2. The molecule has 34 heavy (non-hydrogen) atoms. The Hall–Kier alpha value is -3.78. The van der Waals surface area contributed by atoms with Gasteiger partial charge in [-0.3, -0.25) is 10.1 Å². The van der Waals surface area contributed by atoms with Crippen molar-refractivity contribution >= 4 is 23.7 Å². The fourth-order valence-electron chi connectivity index (χ4n) is 3.85. The Labute approximate surface area is 197 Å². The Morgan fingerprint density at radius 3 is 2.35 bits per heavy atom. The van der Waals surface area contributed by atoms with E-state index < -0.39 is 40.6 Å². The lowest BCUT2D eigenvalue weighted by atomic mass is 9.80. The van der Waals surface area contributed by atoms with E-state index in [9.17, 15) is 24.8 Å². The molecule has 0 heterocycles. The van der Waals surface area contributed by atoms with E-state index in [0.29, 0.717) is 23.1 Å². The highest BCUT2D eigenvalue weighted by Gasteiger charge is 2.43. The van der Waals surface area contributed by atoms with Gasteiger partial charge in [0.25, 0.3) is 5.69 Å². The van der Waals surface area contributed by atoms with E-state index in [1.54, 1.807) is 43.3 Å². The summed E-state index contributed by atoms with van der Waals surface area (Å²) in [4.78, 5) is 35.3. The maximum atomic E-state index is 12.6. The zero-order valence-corrected chi connectivity index (χ0v) is 19.2. The summed E-state index contributed by atoms with van der Waals surface area (Å²) in [6, 6.07) is 14.3. The van der Waals surface area contributed by atoms with Crippen LogP contribution in [0.5, 0.6) is 0 Å². The minimum atomic E-state index is -1.07. The van der Waals surface area contributed by atoms with E-state index in [-0.39, 0.29) is 5.69 Å². The van der Waals surface area contributed by atoms with Gasteiger partial charge in [0, 0.05) is 23.6 Å². The number of hydrogen-bond donors (Lipinski definition) is 1. The molecule has 178 valence electrons. The Morgan fingerprint density at radius 1 is 1.09 bits per heavy atom. The third-order valence-electron chi connectivity index (χ3n) is 5.75. The van der Waals surface area contributed by atoms with E-state index in [4.69, 9.17) is 9.47 Å². The lowest BCUT2D eigenvalue weighted by molar-refractivity contribution is -0.384. The number of hydrogen-bond acceptors (Lipinski definition) is 7. The summed E-state index contributed by atoms with van der Waals surface area (Å²) in [6.45, 7) is 5.44. The summed E-state index contributed by atoms with van der Waals surface area (Å²) in [6.07, 6.45) is 2.10. The van der Waals surface area contributed by atoms with E-state index >= 15 is 0 Å². The summed E-state index contributed by atoms with van der Waals surface area (Å²) in [5, 5.41) is 21.5. The molecule has 8 nitrogen and oxygen atoms in total. The van der Waals surface area contributed by atoms with Gasteiger partial charge in [0.05, 0.1) is 10.5 Å². The summed E-state index contributed by atoms with van der Waals surface area (Å²) in [5.74, 6) is -1.13. The Balaban J connectivity index is 1.69. The first kappa shape index (κ1) is 24.9. The number of ether oxygens (including phenoxy) is 2. The number of benzene rings is 2. The Morgan fingerprint density at radius 2 is 1.74 bits per heavy atom. The van der Waals surface area contributed by atoms with E-state index in [0.717, 1.165) is 0 Å². The van der Waals surface area contributed by atoms with Crippen LogP contribution in [0.4, 0.5) is 5.69 Å². The molecule has 0 aliphatic heterocycles. The molecule has 0 aromatic heterocycles. The van der Waals surface area contributed by atoms with Crippen LogP contribution < -0.4 is 0 Å². The van der Waals surface area contributed by atoms with Crippen molar-refractivity contribution in [2.45, 2.75) is 45.5 Å². The van der Waals surface area contributed by atoms with Crippen molar-refractivity contribution in [3.63, 3.8) is 0 Å². The highest BCUT2D eigenvalue weighted by molar-refractivity contribution is 5.89. The number of nitrogens with zero attached hydrogens (tertiary/aromatic N) is 1. The fraction of sp³-hybridized carbons (Fsp3) is 0.308. The van der Waals surface area contributed by atoms with Crippen molar-refractivity contribution < 1.29 is 29.1 Å². The van der Waals surface area contributed by atoms with Crippen LogP contribution in [-0.4, -0.2) is 40.3 Å². The van der Waals surface area contributed by atoms with E-state index in [2.05, 4.69) is 0 Å². The van der Waals surface area contributed by atoms with Gasteiger partial charge in [-0.2, -0.15) is 0 Å². The summed E-state index contributed by atoms with van der Waals surface area (Å²) in [5.41, 5.74) is 0.901. The number of esters is 2. The average Bonchev–Trinajstić information content (AvgIpc) is 2.87. The van der Waals surface area contributed by atoms with Crippen molar-refractivity contribution in [1.29, 1.82) is 0 Å². The first-order valence-electron chi connectivity index (χ1n) is 10.8. The molecule has 1 aliphatic rings. The third kappa shape index (κ3) is 6.17. The number of rotatable bonds is 6. The molecule has 0 amide bonds. The van der Waals surface area contributed by atoms with Gasteiger partial charge in [-0.15, -0.1) is 0 Å². The molecular formula is C26H27NO7. The Bertz CT molecular complexity index is 1100. The topological polar surface area (TPSA) is 116 Å².